The largest absolute Gasteiger partial charge is 0.354 e. The zero-order valence-electron chi connectivity index (χ0n) is 16.7. The van der Waals surface area contributed by atoms with Crippen LogP contribution in [0, 0.1) is 0 Å². The number of amides is 1. The van der Waals surface area contributed by atoms with Gasteiger partial charge in [0.25, 0.3) is 0 Å². The molecule has 0 spiro atoms. The van der Waals surface area contributed by atoms with Crippen LogP contribution in [0.3, 0.4) is 0 Å². The van der Waals surface area contributed by atoms with E-state index >= 15 is 0 Å². The van der Waals surface area contributed by atoms with Crippen LogP contribution in [0.25, 0.3) is 0 Å². The van der Waals surface area contributed by atoms with Crippen molar-refractivity contribution in [2.75, 3.05) is 32.7 Å². The summed E-state index contributed by atoms with van der Waals surface area (Å²) in [6, 6.07) is 10.8. The summed E-state index contributed by atoms with van der Waals surface area (Å²) < 4.78 is 2.05. The van der Waals surface area contributed by atoms with Gasteiger partial charge in [0, 0.05) is 51.0 Å². The zero-order chi connectivity index (χ0) is 19.4. The third-order valence-corrected chi connectivity index (χ3v) is 6.43. The lowest BCUT2D eigenvalue weighted by atomic mass is 9.79. The molecule has 2 heterocycles. The van der Waals surface area contributed by atoms with Crippen molar-refractivity contribution in [3.8, 4) is 0 Å². The summed E-state index contributed by atoms with van der Waals surface area (Å²) >= 11 is 0. The summed E-state index contributed by atoms with van der Waals surface area (Å²) in [7, 11) is 2.01. The first-order valence-electron chi connectivity index (χ1n) is 10.4. The average Bonchev–Trinajstić information content (AvgIpc) is 3.37. The molecule has 1 aromatic heterocycles. The van der Waals surface area contributed by atoms with Crippen molar-refractivity contribution in [1.29, 1.82) is 0 Å². The van der Waals surface area contributed by atoms with E-state index in [4.69, 9.17) is 0 Å². The highest BCUT2D eigenvalue weighted by Gasteiger charge is 2.36. The molecule has 6 heteroatoms. The molecule has 1 aromatic carbocycles. The van der Waals surface area contributed by atoms with Crippen LogP contribution in [0.1, 0.15) is 43.1 Å². The first-order chi connectivity index (χ1) is 13.7. The van der Waals surface area contributed by atoms with E-state index in [0.717, 1.165) is 44.8 Å². The lowest BCUT2D eigenvalue weighted by Crippen LogP contribution is -2.51. The summed E-state index contributed by atoms with van der Waals surface area (Å²) in [5, 5.41) is 6.69. The molecule has 1 saturated carbocycles. The highest BCUT2D eigenvalue weighted by molar-refractivity contribution is 5.78. The van der Waals surface area contributed by atoms with Crippen LogP contribution in [0.4, 0.5) is 0 Å². The Labute approximate surface area is 167 Å². The molecule has 150 valence electrons. The molecule has 1 aliphatic carbocycles. The maximum Gasteiger partial charge on any atom is 0.234 e. The van der Waals surface area contributed by atoms with Gasteiger partial charge in [0.15, 0.2) is 0 Å². The second-order valence-corrected chi connectivity index (χ2v) is 8.22. The number of benzene rings is 1. The minimum absolute atomic E-state index is 0.0967. The number of piperazine rings is 1. The van der Waals surface area contributed by atoms with E-state index in [0.29, 0.717) is 6.54 Å². The van der Waals surface area contributed by atoms with Crippen molar-refractivity contribution >= 4 is 5.91 Å². The summed E-state index contributed by atoms with van der Waals surface area (Å²) in [4.78, 5) is 19.6. The van der Waals surface area contributed by atoms with Gasteiger partial charge in [0.1, 0.15) is 5.82 Å². The van der Waals surface area contributed by atoms with E-state index in [9.17, 15) is 4.79 Å². The Morgan fingerprint density at radius 3 is 2.79 bits per heavy atom. The molecular formula is C22H31N5O. The molecule has 1 saturated heterocycles. The van der Waals surface area contributed by atoms with E-state index in [2.05, 4.69) is 50.8 Å². The number of carbonyl (C=O) groups excluding carboxylic acids is 1. The summed E-state index contributed by atoms with van der Waals surface area (Å²) in [6.45, 7) is 3.74. The molecule has 28 heavy (non-hydrogen) atoms. The van der Waals surface area contributed by atoms with Gasteiger partial charge in [-0.15, -0.1) is 0 Å². The molecular weight excluding hydrogens is 350 g/mol. The van der Waals surface area contributed by atoms with Gasteiger partial charge >= 0.3 is 0 Å². The van der Waals surface area contributed by atoms with Crippen LogP contribution in [0.2, 0.25) is 0 Å². The second kappa shape index (κ2) is 8.45. The second-order valence-electron chi connectivity index (χ2n) is 8.22. The standard InChI is InChI=1S/C22H31N5O/c1-26-13-12-24-21(26)19-15-23-11-14-27(19)16-20(28)25-17-22(9-5-6-10-22)18-7-3-2-4-8-18/h2-4,7-8,12-13,19,23H,5-6,9-11,14-17H2,1H3,(H,25,28). The highest BCUT2D eigenvalue weighted by Crippen LogP contribution is 2.40. The van der Waals surface area contributed by atoms with Crippen LogP contribution in [0.15, 0.2) is 42.7 Å². The molecule has 1 atom stereocenters. The maximum absolute atomic E-state index is 12.8. The SMILES string of the molecule is Cn1ccnc1C1CNCCN1CC(=O)NCC1(c2ccccc2)CCCC1. The van der Waals surface area contributed by atoms with Crippen molar-refractivity contribution in [3.05, 3.63) is 54.1 Å². The third kappa shape index (κ3) is 3.98. The normalized spacial score (nSPS) is 22.2. The van der Waals surface area contributed by atoms with Crippen molar-refractivity contribution < 1.29 is 4.79 Å². The number of nitrogens with zero attached hydrogens (tertiary/aromatic N) is 3. The van der Waals surface area contributed by atoms with E-state index in [1.54, 1.807) is 0 Å². The van der Waals surface area contributed by atoms with E-state index in [1.807, 2.05) is 24.0 Å². The topological polar surface area (TPSA) is 62.2 Å². The molecule has 1 amide bonds. The van der Waals surface area contributed by atoms with Gasteiger partial charge < -0.3 is 15.2 Å². The molecule has 0 bridgehead atoms. The Bertz CT molecular complexity index is 781. The first kappa shape index (κ1) is 19.2. The fraction of sp³-hybridized carbons (Fsp3) is 0.545. The molecule has 2 fully saturated rings. The monoisotopic (exact) mass is 381 g/mol. The van der Waals surface area contributed by atoms with Crippen LogP contribution >= 0.6 is 0 Å². The number of rotatable bonds is 6. The summed E-state index contributed by atoms with van der Waals surface area (Å²) in [5.74, 6) is 1.12. The van der Waals surface area contributed by atoms with Crippen LogP contribution in [-0.2, 0) is 17.3 Å². The van der Waals surface area contributed by atoms with Gasteiger partial charge in [-0.1, -0.05) is 43.2 Å². The number of aromatic nitrogens is 2. The van der Waals surface area contributed by atoms with Crippen molar-refractivity contribution in [3.63, 3.8) is 0 Å². The molecule has 2 N–H and O–H groups in total. The van der Waals surface area contributed by atoms with Crippen molar-refractivity contribution in [2.24, 2.45) is 7.05 Å². The summed E-state index contributed by atoms with van der Waals surface area (Å²) in [5.41, 5.74) is 1.46. The van der Waals surface area contributed by atoms with Gasteiger partial charge in [-0.2, -0.15) is 0 Å². The van der Waals surface area contributed by atoms with Crippen LogP contribution < -0.4 is 10.6 Å². The fourth-order valence-corrected chi connectivity index (χ4v) is 4.81. The smallest absolute Gasteiger partial charge is 0.234 e. The molecule has 6 nitrogen and oxygen atoms in total. The number of aryl methyl sites for hydroxylation is 1. The maximum atomic E-state index is 12.8. The number of nitrogens with one attached hydrogen (secondary N) is 2. The van der Waals surface area contributed by atoms with E-state index in [1.165, 1.54) is 18.4 Å². The van der Waals surface area contributed by atoms with Gasteiger partial charge in [0.05, 0.1) is 12.6 Å². The molecule has 2 aromatic rings. The van der Waals surface area contributed by atoms with Crippen LogP contribution in [-0.4, -0.2) is 53.1 Å². The Morgan fingerprint density at radius 2 is 2.07 bits per heavy atom. The number of carbonyl (C=O) groups is 1. The molecule has 2 aliphatic rings. The predicted molar refractivity (Wildman–Crippen MR) is 110 cm³/mol. The van der Waals surface area contributed by atoms with Gasteiger partial charge in [0.2, 0.25) is 5.91 Å². The molecule has 4 rings (SSSR count). The van der Waals surface area contributed by atoms with E-state index < -0.39 is 0 Å². The lowest BCUT2D eigenvalue weighted by Gasteiger charge is -2.36. The van der Waals surface area contributed by atoms with Crippen molar-refractivity contribution in [1.82, 2.24) is 25.1 Å². The van der Waals surface area contributed by atoms with E-state index in [-0.39, 0.29) is 17.4 Å². The number of hydrogen-bond acceptors (Lipinski definition) is 4. The van der Waals surface area contributed by atoms with Crippen LogP contribution in [0.5, 0.6) is 0 Å². The third-order valence-electron chi connectivity index (χ3n) is 6.43. The molecule has 0 radical (unpaired) electrons. The summed E-state index contributed by atoms with van der Waals surface area (Å²) in [6.07, 6.45) is 8.58. The quantitative estimate of drug-likeness (QED) is 0.803. The minimum Gasteiger partial charge on any atom is -0.354 e. The van der Waals surface area contributed by atoms with Gasteiger partial charge in [-0.05, 0) is 18.4 Å². The van der Waals surface area contributed by atoms with Gasteiger partial charge in [-0.25, -0.2) is 4.98 Å². The Kier molecular flexibility index (Phi) is 5.78. The Balaban J connectivity index is 1.40. The number of hydrogen-bond donors (Lipinski definition) is 2. The highest BCUT2D eigenvalue weighted by atomic mass is 16.2. The predicted octanol–water partition coefficient (Wildman–Crippen LogP) is 1.99. The van der Waals surface area contributed by atoms with Crippen molar-refractivity contribution in [2.45, 2.75) is 37.1 Å². The Morgan fingerprint density at radius 1 is 1.29 bits per heavy atom. The zero-order valence-corrected chi connectivity index (χ0v) is 16.7. The molecule has 1 unspecified atom stereocenters. The lowest BCUT2D eigenvalue weighted by molar-refractivity contribution is -0.123. The number of imidazole rings is 1. The Hall–Kier alpha value is -2.18. The average molecular weight is 382 g/mol. The first-order valence-corrected chi connectivity index (χ1v) is 10.4. The minimum atomic E-state index is 0.0967. The van der Waals surface area contributed by atoms with Gasteiger partial charge in [-0.3, -0.25) is 9.69 Å². The molecule has 1 aliphatic heterocycles. The fourth-order valence-electron chi connectivity index (χ4n) is 4.81.